The minimum absolute atomic E-state index is 0.373. The first-order chi connectivity index (χ1) is 6.34. The number of nitrogens with one attached hydrogen (secondary N) is 1. The van der Waals surface area contributed by atoms with Gasteiger partial charge in [-0.3, -0.25) is 4.68 Å². The van der Waals surface area contributed by atoms with Crippen LogP contribution in [0, 0.1) is 0 Å². The highest BCUT2D eigenvalue weighted by atomic mass is 16.3. The van der Waals surface area contributed by atoms with E-state index in [1.807, 2.05) is 0 Å². The summed E-state index contributed by atoms with van der Waals surface area (Å²) in [4.78, 5) is 3.80. The number of hydrogen-bond donors (Lipinski definition) is 2. The molecular weight excluding hydrogens is 168 g/mol. The Hall–Kier alpha value is -0.940. The van der Waals surface area contributed by atoms with E-state index in [2.05, 4.69) is 15.4 Å². The van der Waals surface area contributed by atoms with Crippen LogP contribution in [-0.2, 0) is 6.54 Å². The van der Waals surface area contributed by atoms with Gasteiger partial charge >= 0.3 is 0 Å². The van der Waals surface area contributed by atoms with Crippen molar-refractivity contribution in [2.45, 2.75) is 31.5 Å². The molecule has 2 N–H and O–H groups in total. The zero-order chi connectivity index (χ0) is 9.10. The summed E-state index contributed by atoms with van der Waals surface area (Å²) in [6.07, 6.45) is 5.20. The molecule has 0 spiro atoms. The van der Waals surface area contributed by atoms with Gasteiger partial charge in [-0.15, -0.1) is 0 Å². The summed E-state index contributed by atoms with van der Waals surface area (Å²) >= 11 is 0. The van der Waals surface area contributed by atoms with Gasteiger partial charge in [-0.1, -0.05) is 0 Å². The summed E-state index contributed by atoms with van der Waals surface area (Å²) in [6.45, 7) is 1.16. The third kappa shape index (κ3) is 2.78. The van der Waals surface area contributed by atoms with Gasteiger partial charge in [0.05, 0.1) is 12.6 Å². The molecule has 1 atom stereocenters. The van der Waals surface area contributed by atoms with Crippen LogP contribution in [0.15, 0.2) is 12.7 Å². The van der Waals surface area contributed by atoms with Gasteiger partial charge in [0.15, 0.2) is 0 Å². The number of rotatable bonds is 5. The van der Waals surface area contributed by atoms with E-state index in [9.17, 15) is 5.11 Å². The van der Waals surface area contributed by atoms with Crippen LogP contribution in [-0.4, -0.2) is 38.6 Å². The van der Waals surface area contributed by atoms with Gasteiger partial charge in [0.1, 0.15) is 12.7 Å². The van der Waals surface area contributed by atoms with Crippen molar-refractivity contribution in [1.82, 2.24) is 20.1 Å². The summed E-state index contributed by atoms with van der Waals surface area (Å²) < 4.78 is 1.64. The molecule has 1 aliphatic carbocycles. The first-order valence-corrected chi connectivity index (χ1v) is 4.58. The summed E-state index contributed by atoms with van der Waals surface area (Å²) in [7, 11) is 0. The van der Waals surface area contributed by atoms with E-state index in [1.54, 1.807) is 11.0 Å². The van der Waals surface area contributed by atoms with E-state index < -0.39 is 0 Å². The van der Waals surface area contributed by atoms with Crippen molar-refractivity contribution < 1.29 is 5.11 Å². The molecule has 0 radical (unpaired) electrons. The second-order valence-electron chi connectivity index (χ2n) is 3.45. The van der Waals surface area contributed by atoms with E-state index in [1.165, 1.54) is 19.2 Å². The van der Waals surface area contributed by atoms with Gasteiger partial charge in [0, 0.05) is 12.6 Å². The van der Waals surface area contributed by atoms with Gasteiger partial charge in [-0.25, -0.2) is 4.98 Å². The summed E-state index contributed by atoms with van der Waals surface area (Å²) in [6, 6.07) is 0.644. The van der Waals surface area contributed by atoms with Gasteiger partial charge in [0.25, 0.3) is 0 Å². The van der Waals surface area contributed by atoms with E-state index in [0.717, 1.165) is 0 Å². The second-order valence-corrected chi connectivity index (χ2v) is 3.45. The molecule has 0 aromatic carbocycles. The van der Waals surface area contributed by atoms with Crippen molar-refractivity contribution >= 4 is 0 Å². The molecule has 2 rings (SSSR count). The largest absolute Gasteiger partial charge is 0.390 e. The molecule has 0 amide bonds. The van der Waals surface area contributed by atoms with Crippen LogP contribution in [0.1, 0.15) is 12.8 Å². The first-order valence-electron chi connectivity index (χ1n) is 4.58. The maximum Gasteiger partial charge on any atom is 0.137 e. The molecule has 1 heterocycles. The molecule has 72 valence electrons. The Kier molecular flexibility index (Phi) is 2.56. The molecule has 1 aromatic heterocycles. The smallest absolute Gasteiger partial charge is 0.137 e. The Morgan fingerprint density at radius 3 is 3.08 bits per heavy atom. The maximum absolute atomic E-state index is 9.55. The zero-order valence-electron chi connectivity index (χ0n) is 7.43. The van der Waals surface area contributed by atoms with Crippen molar-refractivity contribution in [3.8, 4) is 0 Å². The highest BCUT2D eigenvalue weighted by Crippen LogP contribution is 2.18. The highest BCUT2D eigenvalue weighted by molar-refractivity contribution is 4.81. The molecule has 5 nitrogen and oxygen atoms in total. The Labute approximate surface area is 76.8 Å². The fourth-order valence-corrected chi connectivity index (χ4v) is 1.20. The first kappa shape index (κ1) is 8.65. The van der Waals surface area contributed by atoms with Crippen LogP contribution >= 0.6 is 0 Å². The second kappa shape index (κ2) is 3.85. The van der Waals surface area contributed by atoms with Crippen LogP contribution in [0.5, 0.6) is 0 Å². The van der Waals surface area contributed by atoms with Crippen molar-refractivity contribution in [2.75, 3.05) is 6.54 Å². The molecule has 1 saturated carbocycles. The van der Waals surface area contributed by atoms with Gasteiger partial charge in [0.2, 0.25) is 0 Å². The predicted molar refractivity (Wildman–Crippen MR) is 47.1 cm³/mol. The van der Waals surface area contributed by atoms with Crippen LogP contribution in [0.2, 0.25) is 0 Å². The fraction of sp³-hybridized carbons (Fsp3) is 0.750. The molecule has 1 aliphatic rings. The Balaban J connectivity index is 1.68. The molecule has 13 heavy (non-hydrogen) atoms. The van der Waals surface area contributed by atoms with E-state index in [-0.39, 0.29) is 6.10 Å². The van der Waals surface area contributed by atoms with E-state index in [0.29, 0.717) is 19.1 Å². The molecule has 0 bridgehead atoms. The minimum atomic E-state index is -0.373. The fourth-order valence-electron chi connectivity index (χ4n) is 1.20. The summed E-state index contributed by atoms with van der Waals surface area (Å²) in [5.74, 6) is 0. The quantitative estimate of drug-likeness (QED) is 0.637. The average Bonchev–Trinajstić information content (AvgIpc) is 2.82. The average molecular weight is 182 g/mol. The molecule has 1 unspecified atom stereocenters. The molecular formula is C8H14N4O. The van der Waals surface area contributed by atoms with E-state index >= 15 is 0 Å². The lowest BCUT2D eigenvalue weighted by Gasteiger charge is -2.10. The van der Waals surface area contributed by atoms with E-state index in [4.69, 9.17) is 0 Å². The van der Waals surface area contributed by atoms with Crippen molar-refractivity contribution in [3.63, 3.8) is 0 Å². The molecule has 0 aliphatic heterocycles. The summed E-state index contributed by atoms with van der Waals surface area (Å²) in [5.41, 5.74) is 0. The molecule has 5 heteroatoms. The Bertz CT molecular complexity index is 245. The zero-order valence-corrected chi connectivity index (χ0v) is 7.43. The van der Waals surface area contributed by atoms with Gasteiger partial charge in [-0.2, -0.15) is 5.10 Å². The third-order valence-electron chi connectivity index (χ3n) is 2.08. The van der Waals surface area contributed by atoms with Gasteiger partial charge < -0.3 is 10.4 Å². The Morgan fingerprint density at radius 1 is 1.62 bits per heavy atom. The third-order valence-corrected chi connectivity index (χ3v) is 2.08. The number of hydrogen-bond acceptors (Lipinski definition) is 4. The minimum Gasteiger partial charge on any atom is -0.390 e. The SMILES string of the molecule is OC(CNC1CC1)Cn1cncn1. The summed E-state index contributed by atoms with van der Waals surface area (Å²) in [5, 5.41) is 16.7. The lowest BCUT2D eigenvalue weighted by molar-refractivity contribution is 0.146. The van der Waals surface area contributed by atoms with Crippen molar-refractivity contribution in [2.24, 2.45) is 0 Å². The van der Waals surface area contributed by atoms with Crippen molar-refractivity contribution in [1.29, 1.82) is 0 Å². The normalized spacial score (nSPS) is 18.8. The standard InChI is InChI=1S/C8H14N4O/c13-8(3-10-7-1-2-7)4-12-6-9-5-11-12/h5-8,10,13H,1-4H2. The predicted octanol–water partition coefficient (Wildman–Crippen LogP) is -0.609. The maximum atomic E-state index is 9.55. The highest BCUT2D eigenvalue weighted by Gasteiger charge is 2.21. The van der Waals surface area contributed by atoms with Gasteiger partial charge in [-0.05, 0) is 12.8 Å². The molecule has 1 fully saturated rings. The van der Waals surface area contributed by atoms with Crippen LogP contribution < -0.4 is 5.32 Å². The lowest BCUT2D eigenvalue weighted by atomic mass is 10.3. The monoisotopic (exact) mass is 182 g/mol. The topological polar surface area (TPSA) is 63.0 Å². The van der Waals surface area contributed by atoms with Crippen LogP contribution in [0.4, 0.5) is 0 Å². The van der Waals surface area contributed by atoms with Crippen molar-refractivity contribution in [3.05, 3.63) is 12.7 Å². The number of nitrogens with zero attached hydrogens (tertiary/aromatic N) is 3. The molecule has 1 aromatic rings. The number of aliphatic hydroxyl groups is 1. The number of aliphatic hydroxyl groups excluding tert-OH is 1. The number of aromatic nitrogens is 3. The van der Waals surface area contributed by atoms with Crippen LogP contribution in [0.25, 0.3) is 0 Å². The Morgan fingerprint density at radius 2 is 2.46 bits per heavy atom. The lowest BCUT2D eigenvalue weighted by Crippen LogP contribution is -2.31. The molecule has 0 saturated heterocycles. The van der Waals surface area contributed by atoms with Crippen LogP contribution in [0.3, 0.4) is 0 Å².